The SMILES string of the molecule is CC1(C)c2ccccc2C2(c3cc(Br)ccc3N(c3ccccc3)c3ccc(Br)cc32)c2ccccc21. The minimum atomic E-state index is -0.466. The molecule has 37 heavy (non-hydrogen) atoms. The first-order valence-electron chi connectivity index (χ1n) is 12.6. The number of benzene rings is 5. The first-order valence-corrected chi connectivity index (χ1v) is 14.2. The van der Waals surface area contributed by atoms with Gasteiger partial charge in [-0.2, -0.15) is 0 Å². The molecule has 0 amide bonds. The van der Waals surface area contributed by atoms with Crippen LogP contribution in [0.25, 0.3) is 0 Å². The van der Waals surface area contributed by atoms with Crippen LogP contribution in [-0.4, -0.2) is 0 Å². The quantitative estimate of drug-likeness (QED) is 0.180. The Hall–Kier alpha value is -3.14. The molecule has 0 saturated heterocycles. The van der Waals surface area contributed by atoms with Crippen LogP contribution in [0.4, 0.5) is 17.1 Å². The molecule has 1 nitrogen and oxygen atoms in total. The molecule has 0 radical (unpaired) electrons. The Balaban J connectivity index is 1.72. The van der Waals surface area contributed by atoms with Crippen LogP contribution in [0.15, 0.2) is 124 Å². The predicted molar refractivity (Wildman–Crippen MR) is 161 cm³/mol. The molecule has 0 bridgehead atoms. The minimum absolute atomic E-state index is 0.118. The molecule has 0 unspecified atom stereocenters. The lowest BCUT2D eigenvalue weighted by atomic mass is 9.53. The van der Waals surface area contributed by atoms with Gasteiger partial charge in [0.05, 0.1) is 16.8 Å². The van der Waals surface area contributed by atoms with E-state index in [9.17, 15) is 0 Å². The van der Waals surface area contributed by atoms with Crippen LogP contribution in [0.5, 0.6) is 0 Å². The number of rotatable bonds is 1. The van der Waals surface area contributed by atoms with Gasteiger partial charge in [-0.25, -0.2) is 0 Å². The molecule has 2 aliphatic rings. The molecular formula is C34H25Br2N. The first-order chi connectivity index (χ1) is 17.9. The van der Waals surface area contributed by atoms with Gasteiger partial charge in [-0.05, 0) is 81.9 Å². The van der Waals surface area contributed by atoms with E-state index < -0.39 is 5.41 Å². The van der Waals surface area contributed by atoms with Crippen molar-refractivity contribution in [3.63, 3.8) is 0 Å². The van der Waals surface area contributed by atoms with Gasteiger partial charge in [0.2, 0.25) is 0 Å². The van der Waals surface area contributed by atoms with Gasteiger partial charge in [-0.3, -0.25) is 0 Å². The summed E-state index contributed by atoms with van der Waals surface area (Å²) < 4.78 is 2.16. The highest BCUT2D eigenvalue weighted by Crippen LogP contribution is 2.63. The molecule has 0 saturated carbocycles. The molecule has 1 heterocycles. The molecule has 5 aromatic rings. The fraction of sp³-hybridized carbons (Fsp3) is 0.118. The van der Waals surface area contributed by atoms with Crippen molar-refractivity contribution in [2.75, 3.05) is 4.90 Å². The summed E-state index contributed by atoms with van der Waals surface area (Å²) >= 11 is 7.69. The molecule has 180 valence electrons. The summed E-state index contributed by atoms with van der Waals surface area (Å²) in [7, 11) is 0. The van der Waals surface area contributed by atoms with Crippen LogP contribution in [-0.2, 0) is 10.8 Å². The van der Waals surface area contributed by atoms with E-state index in [1.165, 1.54) is 44.8 Å². The molecule has 0 atom stereocenters. The Kier molecular flexibility index (Phi) is 5.09. The molecule has 1 aliphatic heterocycles. The third-order valence-corrected chi connectivity index (χ3v) is 9.22. The maximum absolute atomic E-state index is 3.85. The second kappa shape index (κ2) is 8.18. The van der Waals surface area contributed by atoms with E-state index in [4.69, 9.17) is 0 Å². The molecule has 0 aromatic heterocycles. The maximum atomic E-state index is 3.85. The molecule has 0 N–H and O–H groups in total. The van der Waals surface area contributed by atoms with Crippen LogP contribution >= 0.6 is 31.9 Å². The normalized spacial score (nSPS) is 15.9. The number of hydrogen-bond acceptors (Lipinski definition) is 1. The van der Waals surface area contributed by atoms with Gasteiger partial charge < -0.3 is 4.90 Å². The molecule has 0 fully saturated rings. The second-order valence-corrected chi connectivity index (χ2v) is 12.3. The van der Waals surface area contributed by atoms with E-state index in [0.717, 1.165) is 14.6 Å². The zero-order chi connectivity index (χ0) is 25.4. The van der Waals surface area contributed by atoms with Gasteiger partial charge in [0.25, 0.3) is 0 Å². The summed E-state index contributed by atoms with van der Waals surface area (Å²) in [6, 6.07) is 42.3. The molecule has 1 aliphatic carbocycles. The first kappa shape index (κ1) is 23.0. The summed E-state index contributed by atoms with van der Waals surface area (Å²) in [6.45, 7) is 4.72. The average molecular weight is 607 g/mol. The van der Waals surface area contributed by atoms with E-state index >= 15 is 0 Å². The number of anilines is 3. The lowest BCUT2D eigenvalue weighted by molar-refractivity contribution is 0.556. The summed E-state index contributed by atoms with van der Waals surface area (Å²) in [5, 5.41) is 0. The Morgan fingerprint density at radius 1 is 0.486 bits per heavy atom. The summed E-state index contributed by atoms with van der Waals surface area (Å²) in [5.74, 6) is 0. The number of hydrogen-bond donors (Lipinski definition) is 0. The van der Waals surface area contributed by atoms with Crippen LogP contribution < -0.4 is 4.90 Å². The van der Waals surface area contributed by atoms with Crippen molar-refractivity contribution in [2.45, 2.75) is 24.7 Å². The van der Waals surface area contributed by atoms with Crippen molar-refractivity contribution in [2.24, 2.45) is 0 Å². The third kappa shape index (κ3) is 3.08. The Bertz CT molecular complexity index is 1580. The van der Waals surface area contributed by atoms with E-state index in [-0.39, 0.29) is 5.41 Å². The standard InChI is InChI=1S/C34H25Br2N/c1-33(2)25-12-6-8-14-27(25)34(28-15-9-7-13-26(28)33)29-20-22(35)16-18-31(29)37(24-10-4-3-5-11-24)32-19-17-23(36)21-30(32)34/h3-21H,1-2H3. The van der Waals surface area contributed by atoms with Gasteiger partial charge in [0.15, 0.2) is 0 Å². The smallest absolute Gasteiger partial charge is 0.0749 e. The fourth-order valence-electron chi connectivity index (χ4n) is 6.72. The largest absolute Gasteiger partial charge is 0.310 e. The predicted octanol–water partition coefficient (Wildman–Crippen LogP) is 10.0. The molecular weight excluding hydrogens is 582 g/mol. The number of fused-ring (bicyclic) bond motifs is 8. The van der Waals surface area contributed by atoms with E-state index in [0.29, 0.717) is 0 Å². The van der Waals surface area contributed by atoms with Crippen LogP contribution in [0.3, 0.4) is 0 Å². The highest BCUT2D eigenvalue weighted by Gasteiger charge is 2.53. The van der Waals surface area contributed by atoms with Crippen molar-refractivity contribution in [3.05, 3.63) is 158 Å². The van der Waals surface area contributed by atoms with Crippen molar-refractivity contribution in [1.82, 2.24) is 0 Å². The topological polar surface area (TPSA) is 3.24 Å². The van der Waals surface area contributed by atoms with Gasteiger partial charge in [-0.1, -0.05) is 112 Å². The summed E-state index contributed by atoms with van der Waals surface area (Å²) in [5.41, 5.74) is 11.0. The molecule has 7 rings (SSSR count). The lowest BCUT2D eigenvalue weighted by Gasteiger charge is -2.52. The van der Waals surface area contributed by atoms with E-state index in [2.05, 4.69) is 166 Å². The van der Waals surface area contributed by atoms with Crippen LogP contribution in [0, 0.1) is 0 Å². The Labute approximate surface area is 235 Å². The van der Waals surface area contributed by atoms with Crippen molar-refractivity contribution in [3.8, 4) is 0 Å². The monoisotopic (exact) mass is 605 g/mol. The molecule has 5 aromatic carbocycles. The van der Waals surface area contributed by atoms with Crippen LogP contribution in [0.1, 0.15) is 47.2 Å². The average Bonchev–Trinajstić information content (AvgIpc) is 2.92. The van der Waals surface area contributed by atoms with Gasteiger partial charge in [0, 0.05) is 20.0 Å². The van der Waals surface area contributed by atoms with Gasteiger partial charge in [-0.15, -0.1) is 0 Å². The highest BCUT2D eigenvalue weighted by molar-refractivity contribution is 9.10. The number of para-hydroxylation sites is 1. The molecule has 1 spiro atoms. The zero-order valence-electron chi connectivity index (χ0n) is 20.7. The van der Waals surface area contributed by atoms with E-state index in [1.54, 1.807) is 0 Å². The second-order valence-electron chi connectivity index (χ2n) is 10.5. The maximum Gasteiger partial charge on any atom is 0.0749 e. The third-order valence-electron chi connectivity index (χ3n) is 8.23. The zero-order valence-corrected chi connectivity index (χ0v) is 23.8. The Morgan fingerprint density at radius 2 is 0.919 bits per heavy atom. The van der Waals surface area contributed by atoms with E-state index in [1.807, 2.05) is 0 Å². The highest BCUT2D eigenvalue weighted by atomic mass is 79.9. The van der Waals surface area contributed by atoms with Crippen molar-refractivity contribution in [1.29, 1.82) is 0 Å². The van der Waals surface area contributed by atoms with Crippen molar-refractivity contribution < 1.29 is 0 Å². The lowest BCUT2D eigenvalue weighted by Crippen LogP contribution is -2.45. The molecule has 3 heteroatoms. The minimum Gasteiger partial charge on any atom is -0.310 e. The Morgan fingerprint density at radius 3 is 1.41 bits per heavy atom. The summed E-state index contributed by atoms with van der Waals surface area (Å²) in [4.78, 5) is 2.42. The fourth-order valence-corrected chi connectivity index (χ4v) is 7.44. The summed E-state index contributed by atoms with van der Waals surface area (Å²) in [6.07, 6.45) is 0. The van der Waals surface area contributed by atoms with Crippen molar-refractivity contribution >= 4 is 48.9 Å². The number of halogens is 2. The number of nitrogens with zero attached hydrogens (tertiary/aromatic N) is 1. The van der Waals surface area contributed by atoms with Crippen LogP contribution in [0.2, 0.25) is 0 Å². The van der Waals surface area contributed by atoms with Gasteiger partial charge in [0.1, 0.15) is 0 Å². The van der Waals surface area contributed by atoms with Gasteiger partial charge >= 0.3 is 0 Å².